The van der Waals surface area contributed by atoms with Crippen molar-refractivity contribution in [3.05, 3.63) is 17.0 Å². The van der Waals surface area contributed by atoms with Crippen LogP contribution in [-0.4, -0.2) is 33.9 Å². The van der Waals surface area contributed by atoms with Gasteiger partial charge in [-0.1, -0.05) is 0 Å². The van der Waals surface area contributed by atoms with Crippen LogP contribution in [0.15, 0.2) is 0 Å². The molecule has 2 rings (SSSR count). The van der Waals surface area contributed by atoms with E-state index < -0.39 is 0 Å². The summed E-state index contributed by atoms with van der Waals surface area (Å²) in [6, 6.07) is 0. The number of carbonyl (C=O) groups excluding carboxylic acids is 1. The number of rotatable bonds is 6. The molecular weight excluding hydrogens is 242 g/mol. The minimum absolute atomic E-state index is 0.0181. The number of hydrogen-bond donors (Lipinski definition) is 2. The number of carbonyl (C=O) groups is 1. The Kier molecular flexibility index (Phi) is 3.94. The van der Waals surface area contributed by atoms with Crippen LogP contribution in [-0.2, 0) is 18.3 Å². The largest absolute Gasteiger partial charge is 0.396 e. The molecule has 19 heavy (non-hydrogen) atoms. The van der Waals surface area contributed by atoms with Gasteiger partial charge in [0, 0.05) is 31.1 Å². The van der Waals surface area contributed by atoms with E-state index in [-0.39, 0.29) is 17.9 Å². The summed E-state index contributed by atoms with van der Waals surface area (Å²) in [5, 5.41) is 16.5. The second-order valence-electron chi connectivity index (χ2n) is 5.71. The smallest absolute Gasteiger partial charge is 0.220 e. The van der Waals surface area contributed by atoms with Gasteiger partial charge in [-0.25, -0.2) is 0 Å². The highest BCUT2D eigenvalue weighted by atomic mass is 16.3. The lowest BCUT2D eigenvalue weighted by Gasteiger charge is -2.12. The maximum Gasteiger partial charge on any atom is 0.220 e. The zero-order valence-corrected chi connectivity index (χ0v) is 12.0. The van der Waals surface area contributed by atoms with Crippen LogP contribution in [0.5, 0.6) is 0 Å². The van der Waals surface area contributed by atoms with Gasteiger partial charge in [-0.3, -0.25) is 9.48 Å². The van der Waals surface area contributed by atoms with Gasteiger partial charge in [-0.15, -0.1) is 0 Å². The third-order valence-electron chi connectivity index (χ3n) is 4.21. The Morgan fingerprint density at radius 3 is 2.63 bits per heavy atom. The zero-order valence-electron chi connectivity index (χ0n) is 12.0. The predicted molar refractivity (Wildman–Crippen MR) is 72.8 cm³/mol. The molecule has 1 heterocycles. The van der Waals surface area contributed by atoms with Crippen LogP contribution >= 0.6 is 0 Å². The van der Waals surface area contributed by atoms with Gasteiger partial charge in [0.05, 0.1) is 12.3 Å². The molecule has 0 radical (unpaired) electrons. The second kappa shape index (κ2) is 5.33. The highest BCUT2D eigenvalue weighted by Gasteiger charge is 2.41. The molecule has 1 saturated carbocycles. The summed E-state index contributed by atoms with van der Waals surface area (Å²) in [5.74, 6) is 0.0578. The van der Waals surface area contributed by atoms with Crippen molar-refractivity contribution in [2.24, 2.45) is 12.5 Å². The van der Waals surface area contributed by atoms with Crippen molar-refractivity contribution in [3.8, 4) is 0 Å². The Bertz CT molecular complexity index is 475. The van der Waals surface area contributed by atoms with Gasteiger partial charge in [-0.2, -0.15) is 5.10 Å². The molecule has 1 amide bonds. The van der Waals surface area contributed by atoms with E-state index in [1.54, 1.807) is 0 Å². The van der Waals surface area contributed by atoms with E-state index in [2.05, 4.69) is 10.4 Å². The van der Waals surface area contributed by atoms with Gasteiger partial charge < -0.3 is 10.4 Å². The Morgan fingerprint density at radius 1 is 1.47 bits per heavy atom. The molecule has 2 N–H and O–H groups in total. The van der Waals surface area contributed by atoms with Gasteiger partial charge in [0.15, 0.2) is 0 Å². The van der Waals surface area contributed by atoms with Crippen molar-refractivity contribution in [3.63, 3.8) is 0 Å². The molecule has 1 aromatic heterocycles. The molecule has 0 unspecified atom stereocenters. The first-order valence-electron chi connectivity index (χ1n) is 6.84. The molecule has 106 valence electrons. The Balaban J connectivity index is 1.80. The number of aliphatic hydroxyl groups excluding tert-OH is 1. The van der Waals surface area contributed by atoms with E-state index in [4.69, 9.17) is 0 Å². The number of nitrogens with zero attached hydrogens (tertiary/aromatic N) is 2. The SMILES string of the molecule is Cc1nn(C)c(C)c1CCC(=O)NCC1(CO)CC1. The molecule has 0 bridgehead atoms. The summed E-state index contributed by atoms with van der Waals surface area (Å²) >= 11 is 0. The third kappa shape index (κ3) is 3.15. The van der Waals surface area contributed by atoms with Crippen molar-refractivity contribution in [1.82, 2.24) is 15.1 Å². The van der Waals surface area contributed by atoms with E-state index in [0.717, 1.165) is 30.7 Å². The first-order chi connectivity index (χ1) is 8.97. The lowest BCUT2D eigenvalue weighted by molar-refractivity contribution is -0.121. The Morgan fingerprint density at radius 2 is 2.16 bits per heavy atom. The van der Waals surface area contributed by atoms with Crippen LogP contribution in [0.1, 0.15) is 36.2 Å². The van der Waals surface area contributed by atoms with Gasteiger partial charge in [0.2, 0.25) is 5.91 Å². The summed E-state index contributed by atoms with van der Waals surface area (Å²) in [5.41, 5.74) is 3.28. The summed E-state index contributed by atoms with van der Waals surface area (Å²) in [6.45, 7) is 4.78. The Hall–Kier alpha value is -1.36. The number of hydrogen-bond acceptors (Lipinski definition) is 3. The standard InChI is InChI=1S/C14H23N3O2/c1-10-12(11(2)17(3)16-10)4-5-13(19)15-8-14(9-18)6-7-14/h18H,4-9H2,1-3H3,(H,15,19). The second-order valence-corrected chi connectivity index (χ2v) is 5.71. The van der Waals surface area contributed by atoms with Crippen LogP contribution in [0.4, 0.5) is 0 Å². The van der Waals surface area contributed by atoms with Gasteiger partial charge in [0.25, 0.3) is 0 Å². The van der Waals surface area contributed by atoms with E-state index in [9.17, 15) is 9.90 Å². The zero-order chi connectivity index (χ0) is 14.0. The summed E-state index contributed by atoms with van der Waals surface area (Å²) in [7, 11) is 1.92. The molecule has 0 spiro atoms. The minimum Gasteiger partial charge on any atom is -0.396 e. The van der Waals surface area contributed by atoms with Crippen molar-refractivity contribution in [2.75, 3.05) is 13.2 Å². The lowest BCUT2D eigenvalue weighted by Crippen LogP contribution is -2.32. The van der Waals surface area contributed by atoms with Crippen LogP contribution in [0, 0.1) is 19.3 Å². The number of aryl methyl sites for hydroxylation is 2. The lowest BCUT2D eigenvalue weighted by atomic mass is 10.1. The van der Waals surface area contributed by atoms with Crippen molar-refractivity contribution < 1.29 is 9.90 Å². The summed E-state index contributed by atoms with van der Waals surface area (Å²) in [4.78, 5) is 11.8. The van der Waals surface area contributed by atoms with E-state index >= 15 is 0 Å². The quantitative estimate of drug-likeness (QED) is 0.801. The maximum absolute atomic E-state index is 11.8. The highest BCUT2D eigenvalue weighted by Crippen LogP contribution is 2.44. The fourth-order valence-corrected chi connectivity index (χ4v) is 2.36. The average molecular weight is 265 g/mol. The molecule has 0 aliphatic heterocycles. The molecule has 1 aliphatic rings. The summed E-state index contributed by atoms with van der Waals surface area (Å²) in [6.07, 6.45) is 3.24. The first-order valence-corrected chi connectivity index (χ1v) is 6.84. The van der Waals surface area contributed by atoms with Crippen molar-refractivity contribution in [2.45, 2.75) is 39.5 Å². The van der Waals surface area contributed by atoms with Crippen molar-refractivity contribution in [1.29, 1.82) is 0 Å². The topological polar surface area (TPSA) is 67.2 Å². The highest BCUT2D eigenvalue weighted by molar-refractivity contribution is 5.76. The monoisotopic (exact) mass is 265 g/mol. The number of amides is 1. The van der Waals surface area contributed by atoms with Crippen LogP contribution in [0.25, 0.3) is 0 Å². The number of aliphatic hydroxyl groups is 1. The third-order valence-corrected chi connectivity index (χ3v) is 4.21. The number of nitrogens with one attached hydrogen (secondary N) is 1. The first kappa shape index (κ1) is 14.1. The van der Waals surface area contributed by atoms with E-state index in [0.29, 0.717) is 13.0 Å². The molecule has 0 saturated heterocycles. The van der Waals surface area contributed by atoms with Gasteiger partial charge in [-0.05, 0) is 38.7 Å². The van der Waals surface area contributed by atoms with Crippen LogP contribution < -0.4 is 5.32 Å². The van der Waals surface area contributed by atoms with E-state index in [1.807, 2.05) is 25.6 Å². The van der Waals surface area contributed by atoms with Crippen LogP contribution in [0.2, 0.25) is 0 Å². The molecule has 0 aromatic carbocycles. The maximum atomic E-state index is 11.8. The molecule has 1 fully saturated rings. The normalized spacial score (nSPS) is 16.4. The van der Waals surface area contributed by atoms with E-state index in [1.165, 1.54) is 5.56 Å². The fraction of sp³-hybridized carbons (Fsp3) is 0.714. The molecule has 1 aromatic rings. The number of aromatic nitrogens is 2. The molecule has 1 aliphatic carbocycles. The van der Waals surface area contributed by atoms with Gasteiger partial charge in [0.1, 0.15) is 0 Å². The minimum atomic E-state index is -0.0181. The predicted octanol–water partition coefficient (Wildman–Crippen LogP) is 0.858. The average Bonchev–Trinajstić information content (AvgIpc) is 3.12. The van der Waals surface area contributed by atoms with Gasteiger partial charge >= 0.3 is 0 Å². The Labute approximate surface area is 114 Å². The molecule has 5 heteroatoms. The molecule has 5 nitrogen and oxygen atoms in total. The fourth-order valence-electron chi connectivity index (χ4n) is 2.36. The molecule has 0 atom stereocenters. The molecular formula is C14H23N3O2. The van der Waals surface area contributed by atoms with Crippen LogP contribution in [0.3, 0.4) is 0 Å². The summed E-state index contributed by atoms with van der Waals surface area (Å²) < 4.78 is 1.85. The van der Waals surface area contributed by atoms with Crippen molar-refractivity contribution >= 4 is 5.91 Å².